The van der Waals surface area contributed by atoms with Crippen LogP contribution in [0.5, 0.6) is 0 Å². The molecule has 2 heterocycles. The summed E-state index contributed by atoms with van der Waals surface area (Å²) in [5, 5.41) is 0. The molecule has 0 spiro atoms. The van der Waals surface area contributed by atoms with Gasteiger partial charge in [0.2, 0.25) is 5.91 Å². The van der Waals surface area contributed by atoms with Crippen LogP contribution < -0.4 is 5.69 Å². The van der Waals surface area contributed by atoms with Gasteiger partial charge in [0.25, 0.3) is 0 Å². The van der Waals surface area contributed by atoms with Crippen molar-refractivity contribution in [3.05, 3.63) is 34.7 Å². The van der Waals surface area contributed by atoms with Crippen LogP contribution in [-0.4, -0.2) is 45.2 Å². The highest BCUT2D eigenvalue weighted by molar-refractivity contribution is 5.78. The number of benzene rings is 1. The average molecular weight is 343 g/mol. The number of morpholine rings is 1. The monoisotopic (exact) mass is 343 g/mol. The van der Waals surface area contributed by atoms with E-state index >= 15 is 0 Å². The van der Waals surface area contributed by atoms with Crippen molar-refractivity contribution in [2.24, 2.45) is 7.05 Å². The van der Waals surface area contributed by atoms with Crippen LogP contribution in [0.3, 0.4) is 0 Å². The maximum Gasteiger partial charge on any atom is 0.328 e. The number of para-hydroxylation sites is 2. The molecule has 6 heteroatoms. The van der Waals surface area contributed by atoms with Crippen molar-refractivity contribution in [3.63, 3.8) is 0 Å². The third-order valence-electron chi connectivity index (χ3n) is 5.65. The fourth-order valence-corrected chi connectivity index (χ4v) is 4.34. The Bertz CT molecular complexity index is 836. The first-order chi connectivity index (χ1) is 12.2. The molecular weight excluding hydrogens is 318 g/mol. The maximum absolute atomic E-state index is 12.8. The normalized spacial score (nSPS) is 23.6. The van der Waals surface area contributed by atoms with Crippen molar-refractivity contribution in [2.45, 2.75) is 50.8 Å². The molecule has 0 radical (unpaired) electrons. The number of hydrogen-bond donors (Lipinski definition) is 0. The largest absolute Gasteiger partial charge is 0.374 e. The summed E-state index contributed by atoms with van der Waals surface area (Å²) < 4.78 is 9.21. The van der Waals surface area contributed by atoms with Gasteiger partial charge in [-0.05, 0) is 25.0 Å². The Balaban J connectivity index is 1.51. The lowest BCUT2D eigenvalue weighted by Gasteiger charge is -2.43. The summed E-state index contributed by atoms with van der Waals surface area (Å²) in [6.45, 7) is 1.72. The summed E-state index contributed by atoms with van der Waals surface area (Å²) in [6.07, 6.45) is 5.00. The summed E-state index contributed by atoms with van der Waals surface area (Å²) in [7, 11) is 1.78. The molecular formula is C19H25N3O3. The number of ether oxygens (including phenoxy) is 1. The van der Waals surface area contributed by atoms with Crippen LogP contribution in [0, 0.1) is 0 Å². The van der Waals surface area contributed by atoms with Crippen molar-refractivity contribution in [3.8, 4) is 0 Å². The zero-order chi connectivity index (χ0) is 17.4. The first-order valence-electron chi connectivity index (χ1n) is 9.22. The van der Waals surface area contributed by atoms with Gasteiger partial charge >= 0.3 is 5.69 Å². The Labute approximate surface area is 147 Å². The second-order valence-corrected chi connectivity index (χ2v) is 7.08. The predicted octanol–water partition coefficient (Wildman–Crippen LogP) is 1.90. The molecule has 1 aliphatic carbocycles. The average Bonchev–Trinajstić information content (AvgIpc) is 2.90. The quantitative estimate of drug-likeness (QED) is 0.855. The number of carbonyl (C=O) groups excluding carboxylic acids is 1. The van der Waals surface area contributed by atoms with Gasteiger partial charge in [-0.1, -0.05) is 25.0 Å². The van der Waals surface area contributed by atoms with Gasteiger partial charge in [0.05, 0.1) is 29.8 Å². The molecule has 6 nitrogen and oxygen atoms in total. The molecule has 1 aliphatic heterocycles. The van der Waals surface area contributed by atoms with Crippen molar-refractivity contribution in [1.29, 1.82) is 0 Å². The van der Waals surface area contributed by atoms with Crippen LogP contribution in [0.1, 0.15) is 32.1 Å². The molecule has 2 aromatic rings. The molecule has 1 aromatic carbocycles. The number of carbonyl (C=O) groups is 1. The first-order valence-corrected chi connectivity index (χ1v) is 9.22. The minimum absolute atomic E-state index is 0.0634. The van der Waals surface area contributed by atoms with Crippen LogP contribution in [0.15, 0.2) is 29.1 Å². The number of nitrogens with zero attached hydrogens (tertiary/aromatic N) is 3. The van der Waals surface area contributed by atoms with Crippen molar-refractivity contribution in [2.75, 3.05) is 13.2 Å². The highest BCUT2D eigenvalue weighted by atomic mass is 16.5. The molecule has 1 saturated heterocycles. The smallest absolute Gasteiger partial charge is 0.328 e. The molecule has 1 saturated carbocycles. The summed E-state index contributed by atoms with van der Waals surface area (Å²) in [4.78, 5) is 27.3. The summed E-state index contributed by atoms with van der Waals surface area (Å²) in [6, 6.07) is 7.94. The van der Waals surface area contributed by atoms with E-state index in [1.165, 1.54) is 6.42 Å². The second kappa shape index (κ2) is 6.67. The number of aromatic nitrogens is 2. The maximum atomic E-state index is 12.8. The van der Waals surface area contributed by atoms with Crippen LogP contribution >= 0.6 is 0 Å². The molecule has 25 heavy (non-hydrogen) atoms. The molecule has 134 valence electrons. The lowest BCUT2D eigenvalue weighted by molar-refractivity contribution is -0.149. The molecule has 4 rings (SSSR count). The Morgan fingerprint density at radius 3 is 2.80 bits per heavy atom. The number of rotatable bonds is 3. The number of hydrogen-bond acceptors (Lipinski definition) is 3. The zero-order valence-electron chi connectivity index (χ0n) is 14.7. The standard InChI is InChI=1S/C19H25N3O3/c1-20-14-6-2-3-7-15(14)22(19(20)24)11-10-18(23)21-12-13-25-17-9-5-4-8-16(17)21/h2-3,6-7,16-17H,4-5,8-13H2,1H3. The fraction of sp³-hybridized carbons (Fsp3) is 0.579. The van der Waals surface area contributed by atoms with Crippen LogP contribution in [0.25, 0.3) is 11.0 Å². The highest BCUT2D eigenvalue weighted by Gasteiger charge is 2.36. The van der Waals surface area contributed by atoms with Gasteiger partial charge in [-0.2, -0.15) is 0 Å². The van der Waals surface area contributed by atoms with E-state index in [1.807, 2.05) is 29.2 Å². The predicted molar refractivity (Wildman–Crippen MR) is 95.5 cm³/mol. The van der Waals surface area contributed by atoms with Gasteiger partial charge in [0.1, 0.15) is 0 Å². The van der Waals surface area contributed by atoms with Crippen LogP contribution in [0.4, 0.5) is 0 Å². The van der Waals surface area contributed by atoms with Crippen LogP contribution in [-0.2, 0) is 23.1 Å². The molecule has 2 atom stereocenters. The molecule has 1 amide bonds. The summed E-state index contributed by atoms with van der Waals surface area (Å²) in [5.41, 5.74) is 1.73. The minimum atomic E-state index is -0.0634. The van der Waals surface area contributed by atoms with E-state index in [0.29, 0.717) is 26.1 Å². The van der Waals surface area contributed by atoms with E-state index in [9.17, 15) is 9.59 Å². The Kier molecular flexibility index (Phi) is 4.37. The van der Waals surface area contributed by atoms with E-state index in [4.69, 9.17) is 4.74 Å². The van der Waals surface area contributed by atoms with Crippen molar-refractivity contribution < 1.29 is 9.53 Å². The number of amides is 1. The van der Waals surface area contributed by atoms with E-state index in [-0.39, 0.29) is 23.7 Å². The fourth-order valence-electron chi connectivity index (χ4n) is 4.34. The molecule has 0 N–H and O–H groups in total. The van der Waals surface area contributed by atoms with E-state index in [0.717, 1.165) is 30.3 Å². The van der Waals surface area contributed by atoms with Crippen molar-refractivity contribution >= 4 is 16.9 Å². The Hall–Kier alpha value is -2.08. The zero-order valence-corrected chi connectivity index (χ0v) is 14.7. The van der Waals surface area contributed by atoms with E-state index < -0.39 is 0 Å². The molecule has 2 unspecified atom stereocenters. The third kappa shape index (κ3) is 2.88. The third-order valence-corrected chi connectivity index (χ3v) is 5.65. The molecule has 2 aliphatic rings. The van der Waals surface area contributed by atoms with Crippen LogP contribution in [0.2, 0.25) is 0 Å². The molecule has 0 bridgehead atoms. The number of fused-ring (bicyclic) bond motifs is 2. The number of aryl methyl sites for hydroxylation is 2. The molecule has 2 fully saturated rings. The minimum Gasteiger partial charge on any atom is -0.374 e. The van der Waals surface area contributed by atoms with Crippen molar-refractivity contribution in [1.82, 2.24) is 14.0 Å². The van der Waals surface area contributed by atoms with E-state index in [2.05, 4.69) is 0 Å². The van der Waals surface area contributed by atoms with Gasteiger partial charge in [-0.15, -0.1) is 0 Å². The first kappa shape index (κ1) is 16.4. The summed E-state index contributed by atoms with van der Waals surface area (Å²) >= 11 is 0. The van der Waals surface area contributed by atoms with Gasteiger partial charge in [-0.25, -0.2) is 4.79 Å². The SMILES string of the molecule is Cn1c(=O)n(CCC(=O)N2CCOC3CCCCC32)c2ccccc21. The van der Waals surface area contributed by atoms with Gasteiger partial charge in [0, 0.05) is 26.6 Å². The highest BCUT2D eigenvalue weighted by Crippen LogP contribution is 2.28. The van der Waals surface area contributed by atoms with Gasteiger partial charge < -0.3 is 9.64 Å². The Morgan fingerprint density at radius 2 is 1.96 bits per heavy atom. The van der Waals surface area contributed by atoms with E-state index in [1.54, 1.807) is 16.2 Å². The number of imidazole rings is 1. The lowest BCUT2D eigenvalue weighted by Crippen LogP contribution is -2.55. The molecule has 1 aromatic heterocycles. The topological polar surface area (TPSA) is 56.5 Å². The van der Waals surface area contributed by atoms with Gasteiger partial charge in [0.15, 0.2) is 0 Å². The lowest BCUT2D eigenvalue weighted by atomic mass is 9.90. The van der Waals surface area contributed by atoms with Gasteiger partial charge in [-0.3, -0.25) is 13.9 Å². The summed E-state index contributed by atoms with van der Waals surface area (Å²) in [5.74, 6) is 0.139. The Morgan fingerprint density at radius 1 is 1.20 bits per heavy atom. The second-order valence-electron chi connectivity index (χ2n) is 7.08.